The Labute approximate surface area is 113 Å². The number of nitrogens with two attached hydrogens (primary N) is 1. The molecule has 0 saturated heterocycles. The van der Waals surface area contributed by atoms with Crippen LogP contribution in [0.2, 0.25) is 0 Å². The van der Waals surface area contributed by atoms with Crippen LogP contribution in [0.5, 0.6) is 0 Å². The van der Waals surface area contributed by atoms with Crippen LogP contribution in [0.25, 0.3) is 11.5 Å². The molecule has 0 aliphatic carbocycles. The average Bonchev–Trinajstić information content (AvgIpc) is 2.86. The van der Waals surface area contributed by atoms with Gasteiger partial charge in [0.1, 0.15) is 0 Å². The van der Waals surface area contributed by atoms with Gasteiger partial charge in [-0.25, -0.2) is 0 Å². The maximum atomic E-state index is 12.5. The molecule has 0 radical (unpaired) electrons. The number of anilines is 2. The van der Waals surface area contributed by atoms with Crippen molar-refractivity contribution in [2.24, 2.45) is 0 Å². The molecule has 0 atom stereocenters. The third-order valence-corrected chi connectivity index (χ3v) is 2.84. The molecule has 2 rings (SSSR count). The number of rotatable bonds is 3. The van der Waals surface area contributed by atoms with E-state index in [1.54, 1.807) is 11.9 Å². The van der Waals surface area contributed by atoms with E-state index in [4.69, 9.17) is 10.3 Å². The fourth-order valence-corrected chi connectivity index (χ4v) is 1.56. The molecule has 0 aliphatic heterocycles. The lowest BCUT2D eigenvalue weighted by atomic mass is 10.1. The third kappa shape index (κ3) is 2.68. The summed E-state index contributed by atoms with van der Waals surface area (Å²) in [5.41, 5.74) is 5.03. The van der Waals surface area contributed by atoms with Crippen molar-refractivity contribution in [1.82, 2.24) is 10.1 Å². The van der Waals surface area contributed by atoms with Crippen molar-refractivity contribution in [3.63, 3.8) is 0 Å². The Bertz CT molecular complexity index is 609. The van der Waals surface area contributed by atoms with Crippen LogP contribution < -0.4 is 10.6 Å². The van der Waals surface area contributed by atoms with Gasteiger partial charge in [0.05, 0.1) is 11.1 Å². The Morgan fingerprint density at radius 3 is 2.60 bits per heavy atom. The van der Waals surface area contributed by atoms with E-state index in [-0.39, 0.29) is 17.1 Å². The van der Waals surface area contributed by atoms with Crippen LogP contribution in [-0.2, 0) is 6.18 Å². The molecule has 0 aliphatic rings. The van der Waals surface area contributed by atoms with Gasteiger partial charge < -0.3 is 15.2 Å². The van der Waals surface area contributed by atoms with E-state index >= 15 is 0 Å². The molecule has 0 unspecified atom stereocenters. The number of halogens is 3. The van der Waals surface area contributed by atoms with Gasteiger partial charge in [0.2, 0.25) is 0 Å². The summed E-state index contributed by atoms with van der Waals surface area (Å²) in [5, 5.41) is 3.74. The lowest BCUT2D eigenvalue weighted by molar-refractivity contribution is -0.137. The largest absolute Gasteiger partial charge is 0.416 e. The molecule has 0 saturated carbocycles. The molecule has 2 N–H and O–H groups in total. The predicted molar refractivity (Wildman–Crippen MR) is 68.1 cm³/mol. The molecular weight excluding hydrogens is 273 g/mol. The van der Waals surface area contributed by atoms with Crippen LogP contribution in [0.4, 0.5) is 24.8 Å². The molecule has 108 valence electrons. The van der Waals surface area contributed by atoms with Gasteiger partial charge in [-0.3, -0.25) is 0 Å². The highest BCUT2D eigenvalue weighted by Gasteiger charge is 2.31. The minimum Gasteiger partial charge on any atom is -0.398 e. The minimum absolute atomic E-state index is 0.0609. The first-order valence-corrected chi connectivity index (χ1v) is 5.85. The highest BCUT2D eigenvalue weighted by Crippen LogP contribution is 2.34. The Morgan fingerprint density at radius 1 is 1.35 bits per heavy atom. The number of alkyl halides is 3. The van der Waals surface area contributed by atoms with Crippen LogP contribution in [-0.4, -0.2) is 23.7 Å². The lowest BCUT2D eigenvalue weighted by Crippen LogP contribution is -2.16. The van der Waals surface area contributed by atoms with E-state index < -0.39 is 11.7 Å². The van der Waals surface area contributed by atoms with Crippen LogP contribution in [0, 0.1) is 0 Å². The van der Waals surface area contributed by atoms with E-state index in [0.717, 1.165) is 12.1 Å². The van der Waals surface area contributed by atoms with Gasteiger partial charge in [0.15, 0.2) is 0 Å². The van der Waals surface area contributed by atoms with Gasteiger partial charge in [-0.1, -0.05) is 0 Å². The van der Waals surface area contributed by atoms with Crippen molar-refractivity contribution in [1.29, 1.82) is 0 Å². The quantitative estimate of drug-likeness (QED) is 0.879. The molecule has 1 aromatic heterocycles. The molecule has 0 spiro atoms. The first-order valence-electron chi connectivity index (χ1n) is 5.85. The monoisotopic (exact) mass is 286 g/mol. The zero-order valence-electron chi connectivity index (χ0n) is 10.9. The first kappa shape index (κ1) is 14.2. The average molecular weight is 286 g/mol. The SMILES string of the molecule is CCN(C)c1noc(-c2ccc(C(F)(F)F)cc2N)n1. The summed E-state index contributed by atoms with van der Waals surface area (Å²) < 4.78 is 42.6. The van der Waals surface area contributed by atoms with Gasteiger partial charge in [-0.05, 0) is 30.3 Å². The Hall–Kier alpha value is -2.25. The summed E-state index contributed by atoms with van der Waals surface area (Å²) in [6.07, 6.45) is -4.44. The highest BCUT2D eigenvalue weighted by molar-refractivity contribution is 5.71. The number of benzene rings is 1. The van der Waals surface area contributed by atoms with Gasteiger partial charge in [0, 0.05) is 19.3 Å². The zero-order valence-corrected chi connectivity index (χ0v) is 10.9. The first-order chi connectivity index (χ1) is 9.32. The molecule has 1 heterocycles. The number of nitrogen functional groups attached to an aromatic ring is 1. The molecule has 1 aromatic carbocycles. The van der Waals surface area contributed by atoms with Gasteiger partial charge >= 0.3 is 6.18 Å². The lowest BCUT2D eigenvalue weighted by Gasteiger charge is -2.09. The second-order valence-corrected chi connectivity index (χ2v) is 4.21. The van der Waals surface area contributed by atoms with Gasteiger partial charge in [-0.15, -0.1) is 0 Å². The number of hydrogen-bond donors (Lipinski definition) is 1. The Morgan fingerprint density at radius 2 is 2.05 bits per heavy atom. The van der Waals surface area contributed by atoms with E-state index in [0.29, 0.717) is 12.5 Å². The van der Waals surface area contributed by atoms with Crippen LogP contribution in [0.3, 0.4) is 0 Å². The van der Waals surface area contributed by atoms with E-state index in [1.807, 2.05) is 6.92 Å². The summed E-state index contributed by atoms with van der Waals surface area (Å²) in [4.78, 5) is 5.82. The highest BCUT2D eigenvalue weighted by atomic mass is 19.4. The number of nitrogens with zero attached hydrogens (tertiary/aromatic N) is 3. The second-order valence-electron chi connectivity index (χ2n) is 4.21. The molecule has 0 amide bonds. The summed E-state index contributed by atoms with van der Waals surface area (Å²) in [7, 11) is 1.77. The van der Waals surface area contributed by atoms with Crippen LogP contribution >= 0.6 is 0 Å². The second kappa shape index (κ2) is 5.03. The van der Waals surface area contributed by atoms with Crippen molar-refractivity contribution in [3.05, 3.63) is 23.8 Å². The normalized spacial score (nSPS) is 11.7. The topological polar surface area (TPSA) is 68.2 Å². The molecule has 0 fully saturated rings. The molecule has 0 bridgehead atoms. The molecular formula is C12H13F3N4O. The van der Waals surface area contributed by atoms with Crippen molar-refractivity contribution in [3.8, 4) is 11.5 Å². The van der Waals surface area contributed by atoms with E-state index in [9.17, 15) is 13.2 Å². The Kier molecular flexibility index (Phi) is 3.56. The number of aromatic nitrogens is 2. The van der Waals surface area contributed by atoms with Crippen molar-refractivity contribution >= 4 is 11.6 Å². The maximum absolute atomic E-state index is 12.5. The molecule has 2 aromatic rings. The van der Waals surface area contributed by atoms with Crippen LogP contribution in [0.1, 0.15) is 12.5 Å². The van der Waals surface area contributed by atoms with Crippen molar-refractivity contribution in [2.45, 2.75) is 13.1 Å². The Balaban J connectivity index is 2.36. The van der Waals surface area contributed by atoms with E-state index in [1.165, 1.54) is 6.07 Å². The zero-order chi connectivity index (χ0) is 14.9. The smallest absolute Gasteiger partial charge is 0.398 e. The van der Waals surface area contributed by atoms with Gasteiger partial charge in [-0.2, -0.15) is 18.2 Å². The fourth-order valence-electron chi connectivity index (χ4n) is 1.56. The van der Waals surface area contributed by atoms with Crippen molar-refractivity contribution < 1.29 is 17.7 Å². The fraction of sp³-hybridized carbons (Fsp3) is 0.333. The molecule has 20 heavy (non-hydrogen) atoms. The summed E-state index contributed by atoms with van der Waals surface area (Å²) in [6, 6.07) is 3.00. The molecule has 8 heteroatoms. The van der Waals surface area contributed by atoms with E-state index in [2.05, 4.69) is 10.1 Å². The summed E-state index contributed by atoms with van der Waals surface area (Å²) in [5.74, 6) is 0.438. The summed E-state index contributed by atoms with van der Waals surface area (Å²) in [6.45, 7) is 2.57. The number of hydrogen-bond acceptors (Lipinski definition) is 5. The summed E-state index contributed by atoms with van der Waals surface area (Å²) >= 11 is 0. The minimum atomic E-state index is -4.44. The third-order valence-electron chi connectivity index (χ3n) is 2.84. The van der Waals surface area contributed by atoms with Crippen molar-refractivity contribution in [2.75, 3.05) is 24.2 Å². The predicted octanol–water partition coefficient (Wildman–Crippen LogP) is 2.79. The maximum Gasteiger partial charge on any atom is 0.416 e. The molecule has 5 nitrogen and oxygen atoms in total. The standard InChI is InChI=1S/C12H13F3N4O/c1-3-19(2)11-17-10(20-18-11)8-5-4-7(6-9(8)16)12(13,14)15/h4-6H,3,16H2,1-2H3. The van der Waals surface area contributed by atoms with Gasteiger partial charge in [0.25, 0.3) is 11.8 Å². The van der Waals surface area contributed by atoms with Crippen LogP contribution in [0.15, 0.2) is 22.7 Å².